The molecule has 0 aromatic carbocycles. The van der Waals surface area contributed by atoms with Gasteiger partial charge in [-0.2, -0.15) is 0 Å². The van der Waals surface area contributed by atoms with Gasteiger partial charge in [-0.3, -0.25) is 0 Å². The smallest absolute Gasteiger partial charge is 0.185 e. The molecule has 0 radical (unpaired) electrons. The summed E-state index contributed by atoms with van der Waals surface area (Å²) >= 11 is 0. The molecule has 0 aromatic heterocycles. The van der Waals surface area contributed by atoms with Crippen molar-refractivity contribution in [1.82, 2.24) is 0 Å². The Kier molecular flexibility index (Phi) is 9.44. The quantitative estimate of drug-likeness (QED) is 0.609. The van der Waals surface area contributed by atoms with Gasteiger partial charge in [-0.1, -0.05) is 33.6 Å². The lowest BCUT2D eigenvalue weighted by molar-refractivity contribution is -0.217. The van der Waals surface area contributed by atoms with Crippen molar-refractivity contribution in [2.75, 3.05) is 26.9 Å². The van der Waals surface area contributed by atoms with Crippen LogP contribution in [0.2, 0.25) is 0 Å². The highest BCUT2D eigenvalue weighted by molar-refractivity contribution is 4.82. The summed E-state index contributed by atoms with van der Waals surface area (Å²) < 4.78 is 23.4. The average molecular weight is 288 g/mol. The first kappa shape index (κ1) is 17.9. The van der Waals surface area contributed by atoms with Gasteiger partial charge in [0.1, 0.15) is 6.10 Å². The maximum atomic E-state index is 6.11. The van der Waals surface area contributed by atoms with Crippen LogP contribution in [0.3, 0.4) is 0 Å². The van der Waals surface area contributed by atoms with Gasteiger partial charge in [0.25, 0.3) is 0 Å². The Morgan fingerprint density at radius 3 is 2.15 bits per heavy atom. The van der Waals surface area contributed by atoms with Crippen molar-refractivity contribution >= 4 is 0 Å². The summed E-state index contributed by atoms with van der Waals surface area (Å²) in [6, 6.07) is 0. The molecular weight excluding hydrogens is 256 g/mol. The van der Waals surface area contributed by atoms with Crippen LogP contribution >= 0.6 is 0 Å². The van der Waals surface area contributed by atoms with Crippen molar-refractivity contribution in [3.05, 3.63) is 0 Å². The third kappa shape index (κ3) is 5.68. The minimum absolute atomic E-state index is 0.0610. The molecule has 0 saturated carbocycles. The highest BCUT2D eigenvalue weighted by Crippen LogP contribution is 2.26. The number of ether oxygens (including phenoxy) is 4. The van der Waals surface area contributed by atoms with Gasteiger partial charge >= 0.3 is 0 Å². The molecule has 1 heterocycles. The summed E-state index contributed by atoms with van der Waals surface area (Å²) in [4.78, 5) is 0. The molecule has 0 aromatic rings. The van der Waals surface area contributed by atoms with E-state index in [1.165, 1.54) is 0 Å². The average Bonchev–Trinajstić information content (AvgIpc) is 2.60. The molecule has 3 unspecified atom stereocenters. The first-order chi connectivity index (χ1) is 9.74. The fourth-order valence-electron chi connectivity index (χ4n) is 2.47. The second kappa shape index (κ2) is 10.6. The second-order valence-electron chi connectivity index (χ2n) is 5.62. The monoisotopic (exact) mass is 288 g/mol. The Hall–Kier alpha value is -0.160. The van der Waals surface area contributed by atoms with Crippen LogP contribution in [0, 0.1) is 5.92 Å². The van der Waals surface area contributed by atoms with Gasteiger partial charge in [-0.25, -0.2) is 0 Å². The number of unbranched alkanes of at least 4 members (excludes halogenated alkanes) is 2. The fourth-order valence-corrected chi connectivity index (χ4v) is 2.47. The van der Waals surface area contributed by atoms with Crippen molar-refractivity contribution < 1.29 is 18.9 Å². The maximum Gasteiger partial charge on any atom is 0.185 e. The van der Waals surface area contributed by atoms with E-state index in [2.05, 4.69) is 20.8 Å². The molecule has 1 aliphatic heterocycles. The predicted octanol–water partition coefficient (Wildman–Crippen LogP) is 3.39. The number of hydrogen-bond donors (Lipinski definition) is 0. The van der Waals surface area contributed by atoms with Crippen LogP contribution in [-0.4, -0.2) is 45.4 Å². The highest BCUT2D eigenvalue weighted by Gasteiger charge is 2.38. The Bertz CT molecular complexity index is 235. The molecule has 20 heavy (non-hydrogen) atoms. The summed E-state index contributed by atoms with van der Waals surface area (Å²) in [5.74, 6) is 0.429. The van der Waals surface area contributed by atoms with E-state index in [9.17, 15) is 0 Å². The Morgan fingerprint density at radius 2 is 1.60 bits per heavy atom. The van der Waals surface area contributed by atoms with Crippen LogP contribution < -0.4 is 0 Å². The summed E-state index contributed by atoms with van der Waals surface area (Å²) in [6.45, 7) is 8.80. The molecule has 0 bridgehead atoms. The van der Waals surface area contributed by atoms with E-state index in [4.69, 9.17) is 18.9 Å². The molecule has 1 rings (SSSR count). The lowest BCUT2D eigenvalue weighted by Gasteiger charge is -2.32. The van der Waals surface area contributed by atoms with E-state index in [-0.39, 0.29) is 18.5 Å². The summed E-state index contributed by atoms with van der Waals surface area (Å²) in [7, 11) is 1.68. The van der Waals surface area contributed by atoms with Gasteiger partial charge in [0, 0.05) is 20.3 Å². The number of hydrogen-bond acceptors (Lipinski definition) is 4. The van der Waals surface area contributed by atoms with Crippen LogP contribution in [0.5, 0.6) is 0 Å². The summed E-state index contributed by atoms with van der Waals surface area (Å²) in [5, 5.41) is 0. The van der Waals surface area contributed by atoms with Gasteiger partial charge in [0.05, 0.1) is 12.7 Å². The molecule has 4 nitrogen and oxygen atoms in total. The normalized spacial score (nSPS) is 31.2. The van der Waals surface area contributed by atoms with Gasteiger partial charge in [0.15, 0.2) is 6.29 Å². The predicted molar refractivity (Wildman–Crippen MR) is 79.8 cm³/mol. The molecule has 0 spiro atoms. The molecule has 1 aliphatic rings. The fraction of sp³-hybridized carbons (Fsp3) is 1.00. The molecule has 0 N–H and O–H groups in total. The van der Waals surface area contributed by atoms with Crippen LogP contribution in [0.15, 0.2) is 0 Å². The minimum atomic E-state index is -0.316. The molecule has 4 atom stereocenters. The standard InChI is InChI=1S/C16H32O4/c1-5-7-10-18-14-13(3)9-12-20-16(17-4)15(14)19-11-8-6-2/h13-16H,5-12H2,1-4H3/t13?,14?,15?,16-/m0/s1. The first-order valence-corrected chi connectivity index (χ1v) is 8.12. The molecule has 0 amide bonds. The number of rotatable bonds is 9. The Morgan fingerprint density at radius 1 is 1.00 bits per heavy atom. The van der Waals surface area contributed by atoms with Crippen LogP contribution in [-0.2, 0) is 18.9 Å². The van der Waals surface area contributed by atoms with E-state index in [1.807, 2.05) is 0 Å². The van der Waals surface area contributed by atoms with Crippen molar-refractivity contribution in [1.29, 1.82) is 0 Å². The SMILES string of the molecule is CCCCOC1C(C)CCO[C@H](OC)C1OCCCC. The van der Waals surface area contributed by atoms with Gasteiger partial charge in [0.2, 0.25) is 0 Å². The van der Waals surface area contributed by atoms with Gasteiger partial charge in [-0.05, 0) is 25.2 Å². The highest BCUT2D eigenvalue weighted by atomic mass is 16.7. The molecule has 1 fully saturated rings. The summed E-state index contributed by atoms with van der Waals surface area (Å²) in [6.07, 6.45) is 5.03. The van der Waals surface area contributed by atoms with Crippen LogP contribution in [0.1, 0.15) is 52.9 Å². The lowest BCUT2D eigenvalue weighted by atomic mass is 9.97. The van der Waals surface area contributed by atoms with Gasteiger partial charge < -0.3 is 18.9 Å². The lowest BCUT2D eigenvalue weighted by Crippen LogP contribution is -2.45. The third-order valence-electron chi connectivity index (χ3n) is 3.86. The van der Waals surface area contributed by atoms with E-state index >= 15 is 0 Å². The molecule has 4 heteroatoms. The van der Waals surface area contributed by atoms with Crippen molar-refractivity contribution in [2.24, 2.45) is 5.92 Å². The molecule has 0 aliphatic carbocycles. The zero-order valence-electron chi connectivity index (χ0n) is 13.6. The first-order valence-electron chi connectivity index (χ1n) is 8.12. The van der Waals surface area contributed by atoms with E-state index < -0.39 is 0 Å². The van der Waals surface area contributed by atoms with E-state index in [1.54, 1.807) is 7.11 Å². The molecule has 1 saturated heterocycles. The van der Waals surface area contributed by atoms with E-state index in [0.29, 0.717) is 12.5 Å². The Labute approximate surface area is 124 Å². The molecule has 120 valence electrons. The van der Waals surface area contributed by atoms with Crippen molar-refractivity contribution in [3.63, 3.8) is 0 Å². The maximum absolute atomic E-state index is 6.11. The largest absolute Gasteiger partial charge is 0.375 e. The van der Waals surface area contributed by atoms with Gasteiger partial charge in [-0.15, -0.1) is 0 Å². The summed E-state index contributed by atoms with van der Waals surface area (Å²) in [5.41, 5.74) is 0. The Balaban J connectivity index is 2.65. The van der Waals surface area contributed by atoms with Crippen LogP contribution in [0.25, 0.3) is 0 Å². The zero-order chi connectivity index (χ0) is 14.8. The van der Waals surface area contributed by atoms with E-state index in [0.717, 1.165) is 45.3 Å². The topological polar surface area (TPSA) is 36.9 Å². The molecular formula is C16H32O4. The number of methoxy groups -OCH3 is 1. The van der Waals surface area contributed by atoms with Crippen molar-refractivity contribution in [2.45, 2.75) is 71.4 Å². The van der Waals surface area contributed by atoms with Crippen molar-refractivity contribution in [3.8, 4) is 0 Å². The third-order valence-corrected chi connectivity index (χ3v) is 3.86. The minimum Gasteiger partial charge on any atom is -0.375 e. The zero-order valence-corrected chi connectivity index (χ0v) is 13.6. The second-order valence-corrected chi connectivity index (χ2v) is 5.62. The van der Waals surface area contributed by atoms with Crippen LogP contribution in [0.4, 0.5) is 0 Å².